The Balaban J connectivity index is 1.46. The summed E-state index contributed by atoms with van der Waals surface area (Å²) in [4.78, 5) is 27.0. The molecule has 1 aromatic carbocycles. The van der Waals surface area contributed by atoms with Crippen LogP contribution in [-0.2, 0) is 0 Å². The molecule has 0 bridgehead atoms. The van der Waals surface area contributed by atoms with Gasteiger partial charge in [0.25, 0.3) is 0 Å². The van der Waals surface area contributed by atoms with E-state index in [1.165, 1.54) is 39.3 Å². The Labute approximate surface area is 216 Å². The number of anilines is 1. The van der Waals surface area contributed by atoms with E-state index in [2.05, 4.69) is 26.8 Å². The third kappa shape index (κ3) is 4.78. The number of rotatable bonds is 5. The summed E-state index contributed by atoms with van der Waals surface area (Å²) in [5.41, 5.74) is 2.30. The van der Waals surface area contributed by atoms with Crippen molar-refractivity contribution >= 4 is 46.0 Å². The summed E-state index contributed by atoms with van der Waals surface area (Å²) in [7, 11) is 0. The summed E-state index contributed by atoms with van der Waals surface area (Å²) in [6.07, 6.45) is 6.89. The second-order valence-electron chi connectivity index (χ2n) is 9.97. The minimum Gasteiger partial charge on any atom is -0.355 e. The summed E-state index contributed by atoms with van der Waals surface area (Å²) in [6, 6.07) is 5.80. The highest BCUT2D eigenvalue weighted by Gasteiger charge is 2.32. The number of Topliss-reactive ketones (excluding diaryl/α,β-unsaturated/α-hetero) is 1. The van der Waals surface area contributed by atoms with Gasteiger partial charge in [-0.25, -0.2) is 14.6 Å². The summed E-state index contributed by atoms with van der Waals surface area (Å²) in [5.74, 6) is 1.23. The number of piperidine rings is 2. The fourth-order valence-corrected chi connectivity index (χ4v) is 6.23. The topological polar surface area (TPSA) is 67.2 Å². The Kier molecular flexibility index (Phi) is 7.02. The molecule has 3 unspecified atom stereocenters. The van der Waals surface area contributed by atoms with Crippen molar-refractivity contribution < 1.29 is 4.79 Å². The van der Waals surface area contributed by atoms with Crippen LogP contribution in [0.1, 0.15) is 68.5 Å². The van der Waals surface area contributed by atoms with Gasteiger partial charge in [0, 0.05) is 36.1 Å². The fraction of sp³-hybridized carbons (Fsp3) is 0.538. The Hall–Kier alpha value is -2.22. The molecular weight excluding hydrogens is 483 g/mol. The molecule has 3 atom stereocenters. The minimum absolute atomic E-state index is 0.138. The van der Waals surface area contributed by atoms with Gasteiger partial charge >= 0.3 is 0 Å². The van der Waals surface area contributed by atoms with Gasteiger partial charge in [-0.3, -0.25) is 9.69 Å². The quantitative estimate of drug-likeness (QED) is 0.410. The maximum atomic E-state index is 12.4. The predicted molar refractivity (Wildman–Crippen MR) is 141 cm³/mol. The van der Waals surface area contributed by atoms with E-state index in [1.54, 1.807) is 16.9 Å². The van der Waals surface area contributed by atoms with E-state index < -0.39 is 0 Å². The zero-order valence-corrected chi connectivity index (χ0v) is 22.1. The predicted octanol–water partition coefficient (Wildman–Crippen LogP) is 5.65. The number of hydrogen-bond acceptors (Lipinski definition) is 6. The van der Waals surface area contributed by atoms with Crippen LogP contribution in [0.2, 0.25) is 10.0 Å². The molecule has 2 fully saturated rings. The summed E-state index contributed by atoms with van der Waals surface area (Å²) >= 11 is 12.6. The van der Waals surface area contributed by atoms with Gasteiger partial charge in [0.15, 0.2) is 17.1 Å². The van der Waals surface area contributed by atoms with E-state index in [0.29, 0.717) is 38.9 Å². The van der Waals surface area contributed by atoms with Crippen molar-refractivity contribution in [3.63, 3.8) is 0 Å². The van der Waals surface area contributed by atoms with Crippen molar-refractivity contribution in [3.8, 4) is 0 Å². The van der Waals surface area contributed by atoms with Crippen LogP contribution in [0.4, 0.5) is 5.82 Å². The van der Waals surface area contributed by atoms with Gasteiger partial charge in [0.05, 0.1) is 12.2 Å². The Morgan fingerprint density at radius 2 is 1.91 bits per heavy atom. The molecule has 186 valence electrons. The monoisotopic (exact) mass is 514 g/mol. The molecule has 9 heteroatoms. The Bertz CT molecular complexity index is 1240. The molecule has 0 amide bonds. The van der Waals surface area contributed by atoms with E-state index in [0.717, 1.165) is 30.9 Å². The lowest BCUT2D eigenvalue weighted by molar-refractivity contribution is 0.101. The lowest BCUT2D eigenvalue weighted by Crippen LogP contribution is -2.51. The van der Waals surface area contributed by atoms with Crippen molar-refractivity contribution in [2.24, 2.45) is 5.92 Å². The molecule has 0 saturated carbocycles. The summed E-state index contributed by atoms with van der Waals surface area (Å²) in [5, 5.41) is 5.75. The molecule has 2 aliphatic rings. The van der Waals surface area contributed by atoms with Crippen molar-refractivity contribution in [1.82, 2.24) is 24.6 Å². The van der Waals surface area contributed by atoms with E-state index in [1.807, 2.05) is 19.1 Å². The lowest BCUT2D eigenvalue weighted by Gasteiger charge is -2.44. The highest BCUT2D eigenvalue weighted by atomic mass is 35.5. The normalized spacial score (nSPS) is 22.5. The third-order valence-electron chi connectivity index (χ3n) is 7.55. The molecule has 2 aromatic heterocycles. The van der Waals surface area contributed by atoms with Crippen LogP contribution in [0, 0.1) is 5.92 Å². The number of halogens is 2. The van der Waals surface area contributed by atoms with Crippen molar-refractivity contribution in [2.75, 3.05) is 31.1 Å². The largest absolute Gasteiger partial charge is 0.355 e. The first kappa shape index (κ1) is 24.5. The molecule has 2 aliphatic heterocycles. The number of benzene rings is 1. The zero-order chi connectivity index (χ0) is 24.7. The van der Waals surface area contributed by atoms with Gasteiger partial charge in [-0.1, -0.05) is 42.6 Å². The van der Waals surface area contributed by atoms with E-state index in [-0.39, 0.29) is 11.8 Å². The number of fused-ring (bicyclic) bond motifs is 1. The number of hydrogen-bond donors (Lipinski definition) is 0. The first-order valence-electron chi connectivity index (χ1n) is 12.5. The number of carbonyl (C=O) groups is 1. The second-order valence-corrected chi connectivity index (χ2v) is 10.8. The molecule has 0 spiro atoms. The smallest absolute Gasteiger partial charge is 0.182 e. The number of nitrogens with zero attached hydrogens (tertiary/aromatic N) is 6. The third-order valence-corrected chi connectivity index (χ3v) is 8.11. The highest BCUT2D eigenvalue weighted by molar-refractivity contribution is 6.35. The van der Waals surface area contributed by atoms with Crippen LogP contribution in [0.15, 0.2) is 24.4 Å². The van der Waals surface area contributed by atoms with Crippen molar-refractivity contribution in [1.29, 1.82) is 0 Å². The van der Waals surface area contributed by atoms with E-state index in [9.17, 15) is 4.79 Å². The van der Waals surface area contributed by atoms with Crippen molar-refractivity contribution in [3.05, 3.63) is 45.7 Å². The van der Waals surface area contributed by atoms with Crippen LogP contribution in [0.3, 0.4) is 0 Å². The molecule has 7 nitrogen and oxygen atoms in total. The number of likely N-dealkylation sites (tertiary alicyclic amines) is 1. The first-order chi connectivity index (χ1) is 16.8. The van der Waals surface area contributed by atoms with E-state index in [4.69, 9.17) is 28.2 Å². The standard InChI is InChI=1S/C26H32Cl2N6O/c1-16-15-33(12-9-22(16)32-10-5-4-6-11-32)23-14-29-25-24(18(3)35)31-34(26(25)30-23)17(2)20-8-7-19(27)13-21(20)28/h7-8,13-14,16-17,22H,4-6,9-12,15H2,1-3H3. The Morgan fingerprint density at radius 1 is 1.14 bits per heavy atom. The molecule has 35 heavy (non-hydrogen) atoms. The average molecular weight is 515 g/mol. The molecule has 4 heterocycles. The van der Waals surface area contributed by atoms with Gasteiger partial charge < -0.3 is 4.90 Å². The Morgan fingerprint density at radius 3 is 2.60 bits per heavy atom. The molecule has 5 rings (SSSR count). The maximum absolute atomic E-state index is 12.4. The molecule has 3 aromatic rings. The van der Waals surface area contributed by atoms with Gasteiger partial charge in [0.1, 0.15) is 11.3 Å². The second kappa shape index (κ2) is 10.0. The molecule has 0 N–H and O–H groups in total. The van der Waals surface area contributed by atoms with Crippen LogP contribution in [0.25, 0.3) is 11.2 Å². The average Bonchev–Trinajstić information content (AvgIpc) is 3.23. The van der Waals surface area contributed by atoms with Gasteiger partial charge in [-0.05, 0) is 62.9 Å². The highest BCUT2D eigenvalue weighted by Crippen LogP contribution is 2.32. The van der Waals surface area contributed by atoms with Gasteiger partial charge in [-0.2, -0.15) is 5.10 Å². The molecule has 0 radical (unpaired) electrons. The number of aromatic nitrogens is 4. The molecule has 0 aliphatic carbocycles. The van der Waals surface area contributed by atoms with E-state index >= 15 is 0 Å². The van der Waals surface area contributed by atoms with Crippen LogP contribution in [-0.4, -0.2) is 62.7 Å². The van der Waals surface area contributed by atoms with Crippen LogP contribution >= 0.6 is 23.2 Å². The zero-order valence-electron chi connectivity index (χ0n) is 20.5. The number of ketones is 1. The lowest BCUT2D eigenvalue weighted by atomic mass is 9.91. The molecular formula is C26H32Cl2N6O. The SMILES string of the molecule is CC(=O)c1nn(C(C)c2ccc(Cl)cc2Cl)c2nc(N3CCC(N4CCCCC4)C(C)C3)cnc12. The number of carbonyl (C=O) groups excluding carboxylic acids is 1. The van der Waals surface area contributed by atoms with Crippen LogP contribution < -0.4 is 4.90 Å². The fourth-order valence-electron chi connectivity index (χ4n) is 5.66. The molecule has 2 saturated heterocycles. The first-order valence-corrected chi connectivity index (χ1v) is 13.3. The van der Waals surface area contributed by atoms with Crippen LogP contribution in [0.5, 0.6) is 0 Å². The van der Waals surface area contributed by atoms with Crippen molar-refractivity contribution in [2.45, 2.75) is 58.5 Å². The van der Waals surface area contributed by atoms with Gasteiger partial charge in [0.2, 0.25) is 0 Å². The summed E-state index contributed by atoms with van der Waals surface area (Å²) in [6.45, 7) is 10.2. The minimum atomic E-state index is -0.247. The maximum Gasteiger partial charge on any atom is 0.182 e. The summed E-state index contributed by atoms with van der Waals surface area (Å²) < 4.78 is 1.77. The van der Waals surface area contributed by atoms with Gasteiger partial charge in [-0.15, -0.1) is 0 Å².